The maximum absolute atomic E-state index is 11.2. The third-order valence-corrected chi connectivity index (χ3v) is 6.81. The number of non-ortho nitro benzene ring substituents is 1. The molecule has 0 spiro atoms. The Kier molecular flexibility index (Phi) is 5.48. The van der Waals surface area contributed by atoms with Gasteiger partial charge < -0.3 is 0 Å². The summed E-state index contributed by atoms with van der Waals surface area (Å²) in [7, 11) is 0. The molecule has 0 bridgehead atoms. The highest BCUT2D eigenvalue weighted by Crippen LogP contribution is 2.39. The van der Waals surface area contributed by atoms with E-state index in [0.717, 1.165) is 28.4 Å². The van der Waals surface area contributed by atoms with Gasteiger partial charge in [-0.1, -0.05) is 54.6 Å². The van der Waals surface area contributed by atoms with Gasteiger partial charge in [0.05, 0.1) is 22.4 Å². The average Bonchev–Trinajstić information content (AvgIpc) is 3.49. The van der Waals surface area contributed by atoms with Crippen molar-refractivity contribution in [3.8, 4) is 11.3 Å². The number of hydrogen-bond donors (Lipinski definition) is 0. The van der Waals surface area contributed by atoms with Crippen LogP contribution in [0.15, 0.2) is 83.3 Å². The molecule has 1 atom stereocenters. The molecule has 0 saturated heterocycles. The summed E-state index contributed by atoms with van der Waals surface area (Å²) < 4.78 is 0. The van der Waals surface area contributed by atoms with Gasteiger partial charge in [0.1, 0.15) is 0 Å². The normalized spacial score (nSPS) is 15.5. The van der Waals surface area contributed by atoms with E-state index in [0.29, 0.717) is 5.69 Å². The fourth-order valence-electron chi connectivity index (χ4n) is 4.00. The number of rotatable bonds is 5. The lowest BCUT2D eigenvalue weighted by molar-refractivity contribution is -0.384. The predicted molar refractivity (Wildman–Crippen MR) is 133 cm³/mol. The average molecular weight is 455 g/mol. The molecule has 0 fully saturated rings. The molecule has 1 aliphatic rings. The quantitative estimate of drug-likeness (QED) is 0.249. The van der Waals surface area contributed by atoms with Crippen LogP contribution < -0.4 is 5.01 Å². The second kappa shape index (κ2) is 8.60. The monoisotopic (exact) mass is 454 g/mol. The summed E-state index contributed by atoms with van der Waals surface area (Å²) in [5.74, 6) is 0. The fourth-order valence-corrected chi connectivity index (χ4v) is 4.83. The maximum atomic E-state index is 11.2. The first-order chi connectivity index (χ1) is 16.0. The molecule has 5 rings (SSSR count). The number of hydrazone groups is 1. The highest BCUT2D eigenvalue weighted by Gasteiger charge is 2.31. The topological polar surface area (TPSA) is 71.6 Å². The first-order valence-electron chi connectivity index (χ1n) is 10.7. The number of aromatic nitrogens is 1. The third kappa shape index (κ3) is 4.15. The van der Waals surface area contributed by atoms with Gasteiger partial charge in [0.25, 0.3) is 5.69 Å². The lowest BCUT2D eigenvalue weighted by atomic mass is 9.97. The standard InChI is InChI=1S/C26H22N4O2S/c1-17-11-12-21(13-18(17)2)23-15-25(19-7-4-3-5-8-19)29(28-23)26-27-24(16-33-26)20-9-6-10-22(14-20)30(31)32/h3-14,16,25H,15H2,1-2H3. The van der Waals surface area contributed by atoms with E-state index in [1.54, 1.807) is 12.1 Å². The van der Waals surface area contributed by atoms with E-state index in [9.17, 15) is 10.1 Å². The van der Waals surface area contributed by atoms with Crippen LogP contribution in [0.1, 0.15) is 34.7 Å². The first kappa shape index (κ1) is 21.0. The van der Waals surface area contributed by atoms with Crippen molar-refractivity contribution in [3.63, 3.8) is 0 Å². The molecule has 6 nitrogen and oxygen atoms in total. The van der Waals surface area contributed by atoms with Crippen molar-refractivity contribution >= 4 is 27.9 Å². The molecule has 0 aliphatic carbocycles. The Morgan fingerprint density at radius 3 is 2.55 bits per heavy atom. The van der Waals surface area contributed by atoms with Gasteiger partial charge in [0, 0.05) is 29.5 Å². The zero-order chi connectivity index (χ0) is 22.9. The van der Waals surface area contributed by atoms with E-state index in [1.807, 2.05) is 34.7 Å². The van der Waals surface area contributed by atoms with E-state index < -0.39 is 0 Å². The van der Waals surface area contributed by atoms with E-state index in [4.69, 9.17) is 10.1 Å². The zero-order valence-electron chi connectivity index (χ0n) is 18.3. The molecule has 1 unspecified atom stereocenters. The Hall–Kier alpha value is -3.84. The van der Waals surface area contributed by atoms with Crippen LogP contribution in [0.5, 0.6) is 0 Å². The van der Waals surface area contributed by atoms with Gasteiger partial charge >= 0.3 is 0 Å². The highest BCUT2D eigenvalue weighted by atomic mass is 32.1. The lowest BCUT2D eigenvalue weighted by Gasteiger charge is -2.21. The van der Waals surface area contributed by atoms with E-state index >= 15 is 0 Å². The van der Waals surface area contributed by atoms with Crippen LogP contribution in [0.3, 0.4) is 0 Å². The molecule has 0 radical (unpaired) electrons. The molecular weight excluding hydrogens is 432 g/mol. The largest absolute Gasteiger partial charge is 0.270 e. The van der Waals surface area contributed by atoms with Gasteiger partial charge in [0.2, 0.25) is 5.13 Å². The van der Waals surface area contributed by atoms with Gasteiger partial charge in [-0.05, 0) is 42.2 Å². The Morgan fingerprint density at radius 1 is 0.970 bits per heavy atom. The summed E-state index contributed by atoms with van der Waals surface area (Å²) in [6.45, 7) is 4.23. The first-order valence-corrected chi connectivity index (χ1v) is 11.6. The minimum atomic E-state index is -0.386. The van der Waals surface area contributed by atoms with Gasteiger partial charge in [-0.2, -0.15) is 5.10 Å². The minimum absolute atomic E-state index is 0.0342. The van der Waals surface area contributed by atoms with Crippen LogP contribution in [-0.2, 0) is 0 Å². The summed E-state index contributed by atoms with van der Waals surface area (Å²) in [6, 6.07) is 23.4. The predicted octanol–water partition coefficient (Wildman–Crippen LogP) is 6.69. The second-order valence-electron chi connectivity index (χ2n) is 8.14. The van der Waals surface area contributed by atoms with Crippen LogP contribution in [0.25, 0.3) is 11.3 Å². The lowest BCUT2D eigenvalue weighted by Crippen LogP contribution is -2.18. The van der Waals surface area contributed by atoms with E-state index in [1.165, 1.54) is 34.1 Å². The molecule has 0 saturated carbocycles. The molecule has 0 N–H and O–H groups in total. The molecule has 164 valence electrons. The van der Waals surface area contributed by atoms with Crippen LogP contribution in [0.4, 0.5) is 10.8 Å². The van der Waals surface area contributed by atoms with Crippen LogP contribution in [0, 0.1) is 24.0 Å². The Bertz CT molecular complexity index is 1360. The number of thiazole rings is 1. The summed E-state index contributed by atoms with van der Waals surface area (Å²) in [5, 5.41) is 20.9. The van der Waals surface area contributed by atoms with Gasteiger partial charge in [-0.25, -0.2) is 9.99 Å². The Morgan fingerprint density at radius 2 is 1.79 bits per heavy atom. The van der Waals surface area contributed by atoms with Gasteiger partial charge in [0.15, 0.2) is 0 Å². The molecule has 1 aliphatic heterocycles. The summed E-state index contributed by atoms with van der Waals surface area (Å²) in [6.07, 6.45) is 0.776. The third-order valence-electron chi connectivity index (χ3n) is 5.98. The Labute approximate surface area is 196 Å². The molecule has 4 aromatic rings. The number of benzene rings is 3. The number of nitro groups is 1. The summed E-state index contributed by atoms with van der Waals surface area (Å²) in [4.78, 5) is 15.6. The molecule has 0 amide bonds. The van der Waals surface area contributed by atoms with Gasteiger partial charge in [-0.15, -0.1) is 11.3 Å². The molecule has 33 heavy (non-hydrogen) atoms. The van der Waals surface area contributed by atoms with E-state index in [2.05, 4.69) is 44.2 Å². The van der Waals surface area contributed by atoms with Crippen molar-refractivity contribution in [2.75, 3.05) is 5.01 Å². The summed E-state index contributed by atoms with van der Waals surface area (Å²) in [5.41, 5.74) is 7.31. The number of aryl methyl sites for hydroxylation is 2. The molecular formula is C26H22N4O2S. The number of hydrogen-bond acceptors (Lipinski definition) is 6. The molecule has 7 heteroatoms. The van der Waals surface area contributed by atoms with Crippen molar-refractivity contribution < 1.29 is 4.92 Å². The molecule has 2 heterocycles. The SMILES string of the molecule is Cc1ccc(C2=NN(c3nc(-c4cccc([N+](=O)[O-])c4)cs3)C(c3ccccc3)C2)cc1C. The van der Waals surface area contributed by atoms with Crippen LogP contribution in [-0.4, -0.2) is 15.6 Å². The smallest absolute Gasteiger partial charge is 0.258 e. The van der Waals surface area contributed by atoms with Crippen molar-refractivity contribution in [2.24, 2.45) is 5.10 Å². The molecule has 3 aromatic carbocycles. The number of nitro benzene ring substituents is 1. The van der Waals surface area contributed by atoms with Gasteiger partial charge in [-0.3, -0.25) is 10.1 Å². The maximum Gasteiger partial charge on any atom is 0.270 e. The van der Waals surface area contributed by atoms with Crippen LogP contribution in [0.2, 0.25) is 0 Å². The van der Waals surface area contributed by atoms with Crippen molar-refractivity contribution in [2.45, 2.75) is 26.3 Å². The fraction of sp³-hybridized carbons (Fsp3) is 0.154. The van der Waals surface area contributed by atoms with Crippen molar-refractivity contribution in [3.05, 3.63) is 111 Å². The Balaban J connectivity index is 1.53. The van der Waals surface area contributed by atoms with Crippen LogP contribution >= 0.6 is 11.3 Å². The number of nitrogens with zero attached hydrogens (tertiary/aromatic N) is 4. The van der Waals surface area contributed by atoms with Crippen molar-refractivity contribution in [1.29, 1.82) is 0 Å². The number of anilines is 1. The summed E-state index contributed by atoms with van der Waals surface area (Å²) >= 11 is 1.50. The zero-order valence-corrected chi connectivity index (χ0v) is 19.1. The van der Waals surface area contributed by atoms with Crippen molar-refractivity contribution in [1.82, 2.24) is 4.98 Å². The minimum Gasteiger partial charge on any atom is -0.258 e. The van der Waals surface area contributed by atoms with E-state index in [-0.39, 0.29) is 16.7 Å². The second-order valence-corrected chi connectivity index (χ2v) is 8.98. The highest BCUT2D eigenvalue weighted by molar-refractivity contribution is 7.14. The molecule has 1 aromatic heterocycles.